The zero-order valence-electron chi connectivity index (χ0n) is 9.13. The van der Waals surface area contributed by atoms with Gasteiger partial charge < -0.3 is 16.6 Å². The zero-order valence-corrected chi connectivity index (χ0v) is 11.5. The highest BCUT2D eigenvalue weighted by Crippen LogP contribution is 2.22. The van der Waals surface area contributed by atoms with Crippen molar-refractivity contribution in [3.63, 3.8) is 0 Å². The molecule has 0 aliphatic carbocycles. The molecule has 100 valence electrons. The van der Waals surface area contributed by atoms with Crippen molar-refractivity contribution in [3.8, 4) is 0 Å². The lowest BCUT2D eigenvalue weighted by atomic mass is 10.3. The summed E-state index contributed by atoms with van der Waals surface area (Å²) in [6, 6.07) is 4.07. The SMILES string of the molecule is NC(=O)C(O)CNS(=O)(=O)c1ccc(Br)c(N)c1. The number of hydrogen-bond acceptors (Lipinski definition) is 5. The Morgan fingerprint density at radius 1 is 1.50 bits per heavy atom. The van der Waals surface area contributed by atoms with Gasteiger partial charge in [0.25, 0.3) is 0 Å². The van der Waals surface area contributed by atoms with Gasteiger partial charge in [-0.1, -0.05) is 0 Å². The van der Waals surface area contributed by atoms with Gasteiger partial charge in [0.1, 0.15) is 6.10 Å². The minimum Gasteiger partial charge on any atom is -0.398 e. The Kier molecular flexibility index (Phi) is 4.68. The first kappa shape index (κ1) is 14.9. The van der Waals surface area contributed by atoms with E-state index in [9.17, 15) is 13.2 Å². The van der Waals surface area contributed by atoms with E-state index < -0.39 is 28.6 Å². The van der Waals surface area contributed by atoms with Gasteiger partial charge in [0.05, 0.1) is 4.90 Å². The molecule has 1 aromatic rings. The van der Waals surface area contributed by atoms with Gasteiger partial charge in [-0.2, -0.15) is 0 Å². The number of sulfonamides is 1. The smallest absolute Gasteiger partial charge is 0.247 e. The zero-order chi connectivity index (χ0) is 13.9. The second-order valence-electron chi connectivity index (χ2n) is 3.45. The molecule has 0 saturated heterocycles. The number of nitrogens with two attached hydrogens (primary N) is 2. The molecule has 1 unspecified atom stereocenters. The first-order valence-corrected chi connectivity index (χ1v) is 7.03. The Bertz CT molecular complexity index is 561. The summed E-state index contributed by atoms with van der Waals surface area (Å²) in [4.78, 5) is 10.5. The Morgan fingerprint density at radius 2 is 2.11 bits per heavy atom. The third-order valence-electron chi connectivity index (χ3n) is 2.07. The molecule has 0 spiro atoms. The monoisotopic (exact) mass is 337 g/mol. The molecule has 9 heteroatoms. The maximum atomic E-state index is 11.8. The minimum absolute atomic E-state index is 0.0696. The van der Waals surface area contributed by atoms with Gasteiger partial charge in [0.2, 0.25) is 15.9 Å². The van der Waals surface area contributed by atoms with E-state index in [1.807, 2.05) is 0 Å². The fourth-order valence-electron chi connectivity index (χ4n) is 1.06. The Hall–Kier alpha value is -1.16. The van der Waals surface area contributed by atoms with Crippen molar-refractivity contribution in [2.75, 3.05) is 12.3 Å². The van der Waals surface area contributed by atoms with Crippen molar-refractivity contribution in [1.82, 2.24) is 4.72 Å². The lowest BCUT2D eigenvalue weighted by Crippen LogP contribution is -2.39. The molecule has 0 radical (unpaired) electrons. The van der Waals surface area contributed by atoms with Crippen molar-refractivity contribution in [1.29, 1.82) is 0 Å². The highest BCUT2D eigenvalue weighted by atomic mass is 79.9. The van der Waals surface area contributed by atoms with Crippen LogP contribution >= 0.6 is 15.9 Å². The first-order chi connectivity index (χ1) is 8.24. The van der Waals surface area contributed by atoms with Gasteiger partial charge in [-0.05, 0) is 34.1 Å². The Morgan fingerprint density at radius 3 is 2.61 bits per heavy atom. The Labute approximate surface area is 112 Å². The highest BCUT2D eigenvalue weighted by molar-refractivity contribution is 9.10. The van der Waals surface area contributed by atoms with Crippen LogP contribution in [-0.2, 0) is 14.8 Å². The predicted molar refractivity (Wildman–Crippen MR) is 68.9 cm³/mol. The number of benzene rings is 1. The van der Waals surface area contributed by atoms with E-state index in [0.29, 0.717) is 4.47 Å². The molecule has 0 fully saturated rings. The van der Waals surface area contributed by atoms with Crippen LogP contribution in [0.2, 0.25) is 0 Å². The topological polar surface area (TPSA) is 136 Å². The molecule has 1 rings (SSSR count). The van der Waals surface area contributed by atoms with Gasteiger partial charge in [0.15, 0.2) is 0 Å². The molecule has 0 saturated carbocycles. The molecular formula is C9H12BrN3O4S. The molecule has 0 aliphatic heterocycles. The van der Waals surface area contributed by atoms with Crippen LogP contribution in [0.1, 0.15) is 0 Å². The standard InChI is InChI=1S/C9H12BrN3O4S/c10-6-2-1-5(3-7(6)11)18(16,17)13-4-8(14)9(12)15/h1-3,8,13-14H,4,11H2,(H2,12,15). The largest absolute Gasteiger partial charge is 0.398 e. The lowest BCUT2D eigenvalue weighted by molar-refractivity contribution is -0.125. The molecule has 1 amide bonds. The molecule has 0 aliphatic rings. The van der Waals surface area contributed by atoms with Crippen molar-refractivity contribution in [2.45, 2.75) is 11.0 Å². The third kappa shape index (κ3) is 3.67. The molecule has 18 heavy (non-hydrogen) atoms. The number of halogens is 1. The van der Waals surface area contributed by atoms with Gasteiger partial charge in [-0.15, -0.1) is 0 Å². The van der Waals surface area contributed by atoms with Crippen LogP contribution in [0.25, 0.3) is 0 Å². The van der Waals surface area contributed by atoms with Gasteiger partial charge in [-0.3, -0.25) is 4.79 Å². The average molecular weight is 338 g/mol. The van der Waals surface area contributed by atoms with Crippen LogP contribution in [0, 0.1) is 0 Å². The lowest BCUT2D eigenvalue weighted by Gasteiger charge is -2.10. The number of anilines is 1. The van der Waals surface area contributed by atoms with Crippen LogP contribution in [0.3, 0.4) is 0 Å². The molecule has 0 bridgehead atoms. The molecule has 6 N–H and O–H groups in total. The van der Waals surface area contributed by atoms with E-state index in [2.05, 4.69) is 20.7 Å². The van der Waals surface area contributed by atoms with E-state index >= 15 is 0 Å². The number of carbonyl (C=O) groups excluding carboxylic acids is 1. The molecule has 1 aromatic carbocycles. The number of rotatable bonds is 5. The summed E-state index contributed by atoms with van der Waals surface area (Å²) < 4.78 is 26.2. The van der Waals surface area contributed by atoms with Crippen LogP contribution in [0.5, 0.6) is 0 Å². The number of nitrogens with one attached hydrogen (secondary N) is 1. The summed E-state index contributed by atoms with van der Waals surface area (Å²) in [6.07, 6.45) is -1.58. The fraction of sp³-hybridized carbons (Fsp3) is 0.222. The van der Waals surface area contributed by atoms with Crippen molar-refractivity contribution < 1.29 is 18.3 Å². The number of hydrogen-bond donors (Lipinski definition) is 4. The number of nitrogen functional groups attached to an aromatic ring is 1. The quantitative estimate of drug-likeness (QED) is 0.519. The van der Waals surface area contributed by atoms with E-state index in [1.165, 1.54) is 18.2 Å². The fourth-order valence-corrected chi connectivity index (χ4v) is 2.38. The summed E-state index contributed by atoms with van der Waals surface area (Å²) >= 11 is 3.14. The summed E-state index contributed by atoms with van der Waals surface area (Å²) in [5.41, 5.74) is 10.6. The maximum Gasteiger partial charge on any atom is 0.247 e. The Balaban J connectivity index is 2.87. The first-order valence-electron chi connectivity index (χ1n) is 4.76. The van der Waals surface area contributed by atoms with Crippen LogP contribution in [0.4, 0.5) is 5.69 Å². The third-order valence-corrected chi connectivity index (χ3v) is 4.22. The second-order valence-corrected chi connectivity index (χ2v) is 6.07. The van der Waals surface area contributed by atoms with Gasteiger partial charge >= 0.3 is 0 Å². The number of amides is 1. The normalized spacial score (nSPS) is 13.2. The van der Waals surface area contributed by atoms with E-state index in [1.54, 1.807) is 0 Å². The van der Waals surface area contributed by atoms with Gasteiger partial charge in [-0.25, -0.2) is 13.1 Å². The van der Waals surface area contributed by atoms with Crippen molar-refractivity contribution in [2.24, 2.45) is 5.73 Å². The minimum atomic E-state index is -3.85. The summed E-state index contributed by atoms with van der Waals surface area (Å²) in [7, 11) is -3.85. The second kappa shape index (κ2) is 5.65. The predicted octanol–water partition coefficient (Wildman–Crippen LogP) is -0.844. The summed E-state index contributed by atoms with van der Waals surface area (Å²) in [5.74, 6) is -1.01. The summed E-state index contributed by atoms with van der Waals surface area (Å²) in [6.45, 7) is -0.492. The summed E-state index contributed by atoms with van der Waals surface area (Å²) in [5, 5.41) is 9.10. The van der Waals surface area contributed by atoms with Crippen LogP contribution in [-0.4, -0.2) is 32.1 Å². The van der Waals surface area contributed by atoms with E-state index in [0.717, 1.165) is 0 Å². The molecule has 0 aromatic heterocycles. The number of carbonyl (C=O) groups is 1. The maximum absolute atomic E-state index is 11.8. The van der Waals surface area contributed by atoms with Crippen LogP contribution < -0.4 is 16.2 Å². The van der Waals surface area contributed by atoms with Gasteiger partial charge in [0, 0.05) is 16.7 Å². The molecular weight excluding hydrogens is 326 g/mol. The van der Waals surface area contributed by atoms with E-state index in [4.69, 9.17) is 16.6 Å². The number of aliphatic hydroxyl groups excluding tert-OH is 1. The van der Waals surface area contributed by atoms with Crippen molar-refractivity contribution in [3.05, 3.63) is 22.7 Å². The number of primary amides is 1. The number of aliphatic hydroxyl groups is 1. The highest BCUT2D eigenvalue weighted by Gasteiger charge is 2.18. The molecule has 7 nitrogen and oxygen atoms in total. The van der Waals surface area contributed by atoms with Crippen LogP contribution in [0.15, 0.2) is 27.6 Å². The average Bonchev–Trinajstić information content (AvgIpc) is 2.29. The van der Waals surface area contributed by atoms with E-state index in [-0.39, 0.29) is 10.6 Å². The van der Waals surface area contributed by atoms with Crippen molar-refractivity contribution >= 4 is 37.5 Å². The molecule has 0 heterocycles. The molecule has 1 atom stereocenters.